The number of aromatic nitrogens is 3. The van der Waals surface area contributed by atoms with Crippen molar-refractivity contribution in [1.82, 2.24) is 19.5 Å². The fourth-order valence-electron chi connectivity index (χ4n) is 3.41. The normalized spacial score (nSPS) is 12.4. The molecule has 1 atom stereocenters. The minimum atomic E-state index is -3.80. The van der Waals surface area contributed by atoms with Gasteiger partial charge in [-0.1, -0.05) is 48.5 Å². The Morgan fingerprint density at radius 2 is 1.62 bits per heavy atom. The van der Waals surface area contributed by atoms with Crippen molar-refractivity contribution in [3.63, 3.8) is 0 Å². The largest absolute Gasteiger partial charge is 0.497 e. The molecule has 4 aromatic rings. The highest BCUT2D eigenvalue weighted by Gasteiger charge is 2.26. The number of benzene rings is 3. The summed E-state index contributed by atoms with van der Waals surface area (Å²) in [5.41, 5.74) is 1.71. The number of nitrogens with zero attached hydrogens (tertiary/aromatic N) is 2. The first-order valence-electron chi connectivity index (χ1n) is 9.91. The van der Waals surface area contributed by atoms with Gasteiger partial charge in [-0.25, -0.2) is 13.1 Å². The Bertz CT molecular complexity index is 1330. The molecule has 0 saturated heterocycles. The molecular formula is C23H22N4O3S2. The van der Waals surface area contributed by atoms with Crippen molar-refractivity contribution in [1.29, 1.82) is 0 Å². The summed E-state index contributed by atoms with van der Waals surface area (Å²) in [6.07, 6.45) is 0.392. The van der Waals surface area contributed by atoms with Crippen molar-refractivity contribution in [3.05, 3.63) is 101 Å². The van der Waals surface area contributed by atoms with Gasteiger partial charge in [-0.05, 0) is 60.6 Å². The Morgan fingerprint density at radius 1 is 1.00 bits per heavy atom. The SMILES string of the molecule is COc1ccc(-n2c([C@@H](Cc3ccccc3)NS(=O)(=O)c3ccccc3)n[nH]c2=S)cc1. The number of rotatable bonds is 8. The molecule has 1 aromatic heterocycles. The number of ether oxygens (including phenoxy) is 1. The standard InChI is InChI=1S/C23H22N4O3S2/c1-30-19-14-12-18(13-15-19)27-22(24-25-23(27)31)21(16-17-8-4-2-5-9-17)26-32(28,29)20-10-6-3-7-11-20/h2-15,21,26H,16H2,1H3,(H,25,31)/t21-/m1/s1. The van der Waals surface area contributed by atoms with E-state index >= 15 is 0 Å². The lowest BCUT2D eigenvalue weighted by molar-refractivity contribution is 0.414. The maximum Gasteiger partial charge on any atom is 0.241 e. The molecule has 9 heteroatoms. The Hall–Kier alpha value is -3.27. The molecular weight excluding hydrogens is 444 g/mol. The van der Waals surface area contributed by atoms with Crippen LogP contribution in [0.25, 0.3) is 5.69 Å². The minimum Gasteiger partial charge on any atom is -0.497 e. The van der Waals surface area contributed by atoms with Crippen LogP contribution in [-0.2, 0) is 16.4 Å². The van der Waals surface area contributed by atoms with Gasteiger partial charge >= 0.3 is 0 Å². The predicted octanol–water partition coefficient (Wildman–Crippen LogP) is 4.20. The summed E-state index contributed by atoms with van der Waals surface area (Å²) < 4.78 is 36.4. The number of hydrogen-bond donors (Lipinski definition) is 2. The molecule has 0 aliphatic rings. The molecule has 0 aliphatic heterocycles. The van der Waals surface area contributed by atoms with Crippen molar-refractivity contribution in [2.45, 2.75) is 17.4 Å². The van der Waals surface area contributed by atoms with Crippen molar-refractivity contribution in [2.24, 2.45) is 0 Å². The molecule has 0 aliphatic carbocycles. The van der Waals surface area contributed by atoms with Gasteiger partial charge in [0, 0.05) is 5.69 Å². The van der Waals surface area contributed by atoms with Crippen LogP contribution in [0.15, 0.2) is 89.8 Å². The van der Waals surface area contributed by atoms with Crippen molar-refractivity contribution >= 4 is 22.2 Å². The molecule has 0 fully saturated rings. The Labute approximate surface area is 191 Å². The first kappa shape index (κ1) is 21.9. The van der Waals surface area contributed by atoms with Crippen molar-refractivity contribution < 1.29 is 13.2 Å². The zero-order valence-corrected chi connectivity index (χ0v) is 18.9. The molecule has 7 nitrogen and oxygen atoms in total. The summed E-state index contributed by atoms with van der Waals surface area (Å²) in [5, 5.41) is 7.20. The molecule has 0 bridgehead atoms. The van der Waals surface area contributed by atoms with E-state index in [1.807, 2.05) is 54.6 Å². The van der Waals surface area contributed by atoms with Crippen LogP contribution < -0.4 is 9.46 Å². The minimum absolute atomic E-state index is 0.184. The predicted molar refractivity (Wildman–Crippen MR) is 125 cm³/mol. The Morgan fingerprint density at radius 3 is 2.25 bits per heavy atom. The number of nitrogens with one attached hydrogen (secondary N) is 2. The summed E-state index contributed by atoms with van der Waals surface area (Å²) in [7, 11) is -2.20. The second-order valence-electron chi connectivity index (χ2n) is 7.10. The second-order valence-corrected chi connectivity index (χ2v) is 9.20. The molecule has 32 heavy (non-hydrogen) atoms. The lowest BCUT2D eigenvalue weighted by Gasteiger charge is -2.20. The van der Waals surface area contributed by atoms with Gasteiger partial charge in [-0.3, -0.25) is 9.67 Å². The number of sulfonamides is 1. The zero-order chi connectivity index (χ0) is 22.6. The van der Waals surface area contributed by atoms with E-state index in [4.69, 9.17) is 17.0 Å². The van der Waals surface area contributed by atoms with Crippen LogP contribution in [0, 0.1) is 4.77 Å². The molecule has 164 valence electrons. The van der Waals surface area contributed by atoms with Gasteiger partial charge in [0.05, 0.1) is 18.0 Å². The van der Waals surface area contributed by atoms with E-state index in [0.29, 0.717) is 22.8 Å². The van der Waals surface area contributed by atoms with E-state index in [1.54, 1.807) is 42.0 Å². The highest BCUT2D eigenvalue weighted by Crippen LogP contribution is 2.24. The fraction of sp³-hybridized carbons (Fsp3) is 0.130. The summed E-state index contributed by atoms with van der Waals surface area (Å²) >= 11 is 5.47. The summed E-state index contributed by atoms with van der Waals surface area (Å²) in [6, 6.07) is 24.6. The van der Waals surface area contributed by atoms with E-state index in [1.165, 1.54) is 0 Å². The molecule has 2 N–H and O–H groups in total. The first-order chi connectivity index (χ1) is 15.5. The van der Waals surface area contributed by atoms with Gasteiger partial charge < -0.3 is 4.74 Å². The first-order valence-corrected chi connectivity index (χ1v) is 11.8. The lowest BCUT2D eigenvalue weighted by Crippen LogP contribution is -2.32. The van der Waals surface area contributed by atoms with Crippen LogP contribution in [0.5, 0.6) is 5.75 Å². The number of methoxy groups -OCH3 is 1. The third-order valence-corrected chi connectivity index (χ3v) is 6.74. The van der Waals surface area contributed by atoms with Gasteiger partial charge in [0.2, 0.25) is 10.0 Å². The summed E-state index contributed by atoms with van der Waals surface area (Å²) in [5.74, 6) is 1.17. The van der Waals surface area contributed by atoms with E-state index in [0.717, 1.165) is 11.3 Å². The van der Waals surface area contributed by atoms with Gasteiger partial charge in [0.15, 0.2) is 10.6 Å². The topological polar surface area (TPSA) is 89.0 Å². The average Bonchev–Trinajstić information content (AvgIpc) is 3.21. The van der Waals surface area contributed by atoms with Crippen LogP contribution >= 0.6 is 12.2 Å². The molecule has 0 amide bonds. The second kappa shape index (κ2) is 9.47. The van der Waals surface area contributed by atoms with E-state index in [-0.39, 0.29) is 4.90 Å². The Kier molecular flexibility index (Phi) is 6.50. The molecule has 0 radical (unpaired) electrons. The van der Waals surface area contributed by atoms with E-state index < -0.39 is 16.1 Å². The number of H-pyrrole nitrogens is 1. The highest BCUT2D eigenvalue weighted by molar-refractivity contribution is 7.89. The Balaban J connectivity index is 1.78. The van der Waals surface area contributed by atoms with E-state index in [2.05, 4.69) is 14.9 Å². The van der Waals surface area contributed by atoms with Gasteiger partial charge in [0.1, 0.15) is 5.75 Å². The monoisotopic (exact) mass is 466 g/mol. The molecule has 0 saturated carbocycles. The van der Waals surface area contributed by atoms with Gasteiger partial charge in [-0.2, -0.15) is 5.10 Å². The van der Waals surface area contributed by atoms with Gasteiger partial charge in [-0.15, -0.1) is 0 Å². The number of aromatic amines is 1. The quantitative estimate of drug-likeness (QED) is 0.380. The lowest BCUT2D eigenvalue weighted by atomic mass is 10.1. The molecule has 1 heterocycles. The van der Waals surface area contributed by atoms with Crippen LogP contribution in [0.1, 0.15) is 17.4 Å². The van der Waals surface area contributed by atoms with Crippen LogP contribution in [0.3, 0.4) is 0 Å². The molecule has 0 spiro atoms. The third-order valence-electron chi connectivity index (χ3n) is 4.97. The number of hydrogen-bond acceptors (Lipinski definition) is 5. The molecule has 4 rings (SSSR count). The van der Waals surface area contributed by atoms with Crippen LogP contribution in [0.2, 0.25) is 0 Å². The summed E-state index contributed by atoms with van der Waals surface area (Å²) in [4.78, 5) is 0.184. The van der Waals surface area contributed by atoms with Crippen molar-refractivity contribution in [2.75, 3.05) is 7.11 Å². The zero-order valence-electron chi connectivity index (χ0n) is 17.3. The van der Waals surface area contributed by atoms with Crippen LogP contribution in [-0.4, -0.2) is 30.3 Å². The van der Waals surface area contributed by atoms with Crippen LogP contribution in [0.4, 0.5) is 0 Å². The molecule has 0 unspecified atom stereocenters. The molecule has 3 aromatic carbocycles. The van der Waals surface area contributed by atoms with E-state index in [9.17, 15) is 8.42 Å². The third kappa shape index (κ3) is 4.80. The van der Waals surface area contributed by atoms with Crippen molar-refractivity contribution in [3.8, 4) is 11.4 Å². The maximum atomic E-state index is 13.1. The highest BCUT2D eigenvalue weighted by atomic mass is 32.2. The maximum absolute atomic E-state index is 13.1. The van der Waals surface area contributed by atoms with Gasteiger partial charge in [0.25, 0.3) is 0 Å². The average molecular weight is 467 g/mol. The summed E-state index contributed by atoms with van der Waals surface area (Å²) in [6.45, 7) is 0. The fourth-order valence-corrected chi connectivity index (χ4v) is 4.87. The smallest absolute Gasteiger partial charge is 0.241 e.